The zero-order valence-electron chi connectivity index (χ0n) is 10.7. The van der Waals surface area contributed by atoms with E-state index in [2.05, 4.69) is 28.3 Å². The van der Waals surface area contributed by atoms with Gasteiger partial charge >= 0.3 is 0 Å². The van der Waals surface area contributed by atoms with E-state index >= 15 is 0 Å². The molecule has 0 unspecified atom stereocenters. The Hall–Kier alpha value is -2.61. The van der Waals surface area contributed by atoms with Crippen LogP contribution in [0, 0.1) is 11.3 Å². The molecule has 19 heavy (non-hydrogen) atoms. The number of nitriles is 1. The van der Waals surface area contributed by atoms with Crippen molar-refractivity contribution in [3.63, 3.8) is 0 Å². The van der Waals surface area contributed by atoms with E-state index in [4.69, 9.17) is 5.73 Å². The van der Waals surface area contributed by atoms with Gasteiger partial charge in [0.15, 0.2) is 0 Å². The molecule has 0 spiro atoms. The van der Waals surface area contributed by atoms with Crippen molar-refractivity contribution in [3.05, 3.63) is 35.9 Å². The third-order valence-electron chi connectivity index (χ3n) is 2.63. The van der Waals surface area contributed by atoms with Gasteiger partial charge in [0.05, 0.1) is 5.69 Å². The molecule has 0 aliphatic rings. The second-order valence-electron chi connectivity index (χ2n) is 4.06. The lowest BCUT2D eigenvalue weighted by Gasteiger charge is -2.09. The first-order valence-electron chi connectivity index (χ1n) is 6.13. The molecule has 0 fully saturated rings. The molecule has 2 rings (SSSR count). The van der Waals surface area contributed by atoms with Crippen LogP contribution in [-0.4, -0.2) is 16.5 Å². The van der Waals surface area contributed by atoms with E-state index in [1.165, 1.54) is 0 Å². The monoisotopic (exact) mass is 253 g/mol. The normalized spacial score (nSPS) is 9.89. The second-order valence-corrected chi connectivity index (χ2v) is 4.06. The van der Waals surface area contributed by atoms with E-state index < -0.39 is 0 Å². The Morgan fingerprint density at radius 1 is 1.26 bits per heavy atom. The highest BCUT2D eigenvalue weighted by atomic mass is 15.1. The number of aromatic nitrogens is 2. The predicted molar refractivity (Wildman–Crippen MR) is 75.4 cm³/mol. The van der Waals surface area contributed by atoms with Crippen molar-refractivity contribution in [2.45, 2.75) is 13.3 Å². The highest BCUT2D eigenvalue weighted by Gasteiger charge is 2.13. The van der Waals surface area contributed by atoms with Gasteiger partial charge in [0.25, 0.3) is 0 Å². The molecule has 2 aromatic rings. The Morgan fingerprint density at radius 3 is 2.63 bits per heavy atom. The number of rotatable bonds is 4. The Labute approximate surface area is 112 Å². The largest absolute Gasteiger partial charge is 0.382 e. The first-order chi connectivity index (χ1) is 9.26. The van der Waals surface area contributed by atoms with Gasteiger partial charge in [-0.25, -0.2) is 4.98 Å². The molecule has 0 aliphatic carbocycles. The van der Waals surface area contributed by atoms with E-state index in [0.29, 0.717) is 17.2 Å². The van der Waals surface area contributed by atoms with Crippen LogP contribution in [0.4, 0.5) is 11.8 Å². The summed E-state index contributed by atoms with van der Waals surface area (Å²) in [5.41, 5.74) is 7.56. The Balaban J connectivity index is 2.51. The fraction of sp³-hybridized carbons (Fsp3) is 0.214. The molecule has 1 heterocycles. The molecule has 1 aromatic heterocycles. The number of hydrogen-bond acceptors (Lipinski definition) is 5. The van der Waals surface area contributed by atoms with Crippen LogP contribution in [0.3, 0.4) is 0 Å². The maximum absolute atomic E-state index is 9.20. The van der Waals surface area contributed by atoms with Crippen molar-refractivity contribution in [2.24, 2.45) is 0 Å². The van der Waals surface area contributed by atoms with Gasteiger partial charge in [0.2, 0.25) is 5.95 Å². The highest BCUT2D eigenvalue weighted by molar-refractivity contribution is 5.73. The van der Waals surface area contributed by atoms with E-state index in [-0.39, 0.29) is 5.82 Å². The maximum atomic E-state index is 9.20. The summed E-state index contributed by atoms with van der Waals surface area (Å²) in [6.07, 6.45) is 0.962. The molecule has 0 amide bonds. The van der Waals surface area contributed by atoms with E-state index in [9.17, 15) is 5.26 Å². The minimum atomic E-state index is 0.204. The lowest BCUT2D eigenvalue weighted by atomic mass is 10.1. The molecule has 0 atom stereocenters. The average Bonchev–Trinajstić information content (AvgIpc) is 2.45. The van der Waals surface area contributed by atoms with Gasteiger partial charge in [-0.05, 0) is 6.42 Å². The Kier molecular flexibility index (Phi) is 3.94. The summed E-state index contributed by atoms with van der Waals surface area (Å²) in [6, 6.07) is 11.6. The third kappa shape index (κ3) is 2.80. The molecule has 0 aliphatic heterocycles. The Morgan fingerprint density at radius 2 is 2.00 bits per heavy atom. The zero-order valence-corrected chi connectivity index (χ0v) is 10.7. The molecule has 0 saturated heterocycles. The van der Waals surface area contributed by atoms with Crippen LogP contribution in [0.2, 0.25) is 0 Å². The smallest absolute Gasteiger partial charge is 0.225 e. The molecule has 5 nitrogen and oxygen atoms in total. The summed E-state index contributed by atoms with van der Waals surface area (Å²) in [6.45, 7) is 2.82. The maximum Gasteiger partial charge on any atom is 0.225 e. The summed E-state index contributed by atoms with van der Waals surface area (Å²) < 4.78 is 0. The molecule has 0 bridgehead atoms. The van der Waals surface area contributed by atoms with Crippen LogP contribution >= 0.6 is 0 Å². The number of nitrogens with one attached hydrogen (secondary N) is 1. The van der Waals surface area contributed by atoms with Crippen molar-refractivity contribution >= 4 is 11.8 Å². The van der Waals surface area contributed by atoms with E-state index in [0.717, 1.165) is 18.5 Å². The molecule has 96 valence electrons. The topological polar surface area (TPSA) is 87.6 Å². The summed E-state index contributed by atoms with van der Waals surface area (Å²) in [5.74, 6) is 0.659. The van der Waals surface area contributed by atoms with Gasteiger partial charge in [-0.2, -0.15) is 10.2 Å². The van der Waals surface area contributed by atoms with Crippen LogP contribution < -0.4 is 11.1 Å². The van der Waals surface area contributed by atoms with Gasteiger partial charge in [0, 0.05) is 12.1 Å². The molecule has 3 N–H and O–H groups in total. The number of nitrogen functional groups attached to an aromatic ring is 1. The van der Waals surface area contributed by atoms with Crippen molar-refractivity contribution in [2.75, 3.05) is 17.6 Å². The van der Waals surface area contributed by atoms with E-state index in [1.807, 2.05) is 30.3 Å². The van der Waals surface area contributed by atoms with Crippen molar-refractivity contribution in [1.29, 1.82) is 5.26 Å². The quantitative estimate of drug-likeness (QED) is 0.873. The fourth-order valence-electron chi connectivity index (χ4n) is 1.71. The SMILES string of the molecule is CCCNc1nc(N)c(C#N)c(-c2ccccc2)n1. The average molecular weight is 253 g/mol. The van der Waals surface area contributed by atoms with Gasteiger partial charge in [-0.3, -0.25) is 0 Å². The third-order valence-corrected chi connectivity index (χ3v) is 2.63. The molecular formula is C14H15N5. The van der Waals surface area contributed by atoms with Crippen LogP contribution in [0.25, 0.3) is 11.3 Å². The van der Waals surface area contributed by atoms with Crippen LogP contribution in [0.15, 0.2) is 30.3 Å². The molecule has 0 radical (unpaired) electrons. The lowest BCUT2D eigenvalue weighted by molar-refractivity contribution is 0.953. The second kappa shape index (κ2) is 5.83. The first-order valence-corrected chi connectivity index (χ1v) is 6.13. The molecule has 1 aromatic carbocycles. The fourth-order valence-corrected chi connectivity index (χ4v) is 1.71. The summed E-state index contributed by atoms with van der Waals surface area (Å²) in [4.78, 5) is 8.49. The minimum Gasteiger partial charge on any atom is -0.382 e. The molecule has 0 saturated carbocycles. The van der Waals surface area contributed by atoms with Crippen LogP contribution in [0.1, 0.15) is 18.9 Å². The lowest BCUT2D eigenvalue weighted by Crippen LogP contribution is -2.09. The predicted octanol–water partition coefficient (Wildman–Crippen LogP) is 2.42. The number of benzene rings is 1. The Bertz CT molecular complexity index is 601. The number of anilines is 2. The minimum absolute atomic E-state index is 0.204. The van der Waals surface area contributed by atoms with E-state index in [1.54, 1.807) is 0 Å². The number of hydrogen-bond donors (Lipinski definition) is 2. The van der Waals surface area contributed by atoms with Crippen molar-refractivity contribution in [1.82, 2.24) is 9.97 Å². The van der Waals surface area contributed by atoms with Crippen LogP contribution in [-0.2, 0) is 0 Å². The van der Waals surface area contributed by atoms with Crippen molar-refractivity contribution in [3.8, 4) is 17.3 Å². The van der Waals surface area contributed by atoms with Gasteiger partial charge in [0.1, 0.15) is 17.5 Å². The summed E-state index contributed by atoms with van der Waals surface area (Å²) in [7, 11) is 0. The van der Waals surface area contributed by atoms with Crippen molar-refractivity contribution < 1.29 is 0 Å². The summed E-state index contributed by atoms with van der Waals surface area (Å²) in [5, 5.41) is 12.3. The number of nitrogens with zero attached hydrogens (tertiary/aromatic N) is 3. The molecular weight excluding hydrogens is 238 g/mol. The number of nitrogens with two attached hydrogens (primary N) is 1. The van der Waals surface area contributed by atoms with Crippen LogP contribution in [0.5, 0.6) is 0 Å². The van der Waals surface area contributed by atoms with Gasteiger partial charge in [-0.15, -0.1) is 0 Å². The summed E-state index contributed by atoms with van der Waals surface area (Å²) >= 11 is 0. The molecule has 5 heteroatoms. The first kappa shape index (κ1) is 12.8. The van der Waals surface area contributed by atoms with Gasteiger partial charge < -0.3 is 11.1 Å². The standard InChI is InChI=1S/C14H15N5/c1-2-8-17-14-18-12(10-6-4-3-5-7-10)11(9-15)13(16)19-14/h3-7H,2,8H2,1H3,(H3,16,17,18,19). The highest BCUT2D eigenvalue weighted by Crippen LogP contribution is 2.25. The van der Waals surface area contributed by atoms with Gasteiger partial charge in [-0.1, -0.05) is 37.3 Å². The zero-order chi connectivity index (χ0) is 13.7.